The third-order valence-corrected chi connectivity index (χ3v) is 3.60. The molecule has 1 aromatic carbocycles. The van der Waals surface area contributed by atoms with E-state index in [4.69, 9.17) is 19.0 Å². The molecule has 0 saturated heterocycles. The van der Waals surface area contributed by atoms with E-state index in [-0.39, 0.29) is 54.7 Å². The number of carbonyl (C=O) groups excluding carboxylic acids is 1. The third-order valence-electron chi connectivity index (χ3n) is 3.60. The van der Waals surface area contributed by atoms with E-state index in [9.17, 15) is 14.7 Å². The number of Topliss-reactive ketones (excluding diaryl/α,β-unsaturated/α-hetero) is 1. The monoisotopic (exact) mass is 350 g/mol. The highest BCUT2D eigenvalue weighted by atomic mass is 16.5. The molecule has 0 unspecified atom stereocenters. The van der Waals surface area contributed by atoms with Crippen LogP contribution in [0.3, 0.4) is 0 Å². The fourth-order valence-electron chi connectivity index (χ4n) is 2.25. The van der Waals surface area contributed by atoms with Gasteiger partial charge in [-0.15, -0.1) is 0 Å². The maximum absolute atomic E-state index is 12.1. The summed E-state index contributed by atoms with van der Waals surface area (Å²) in [5.41, 5.74) is -0.684. The number of aliphatic hydroxyl groups excluding tert-OH is 1. The van der Waals surface area contributed by atoms with Gasteiger partial charge in [0.25, 0.3) is 0 Å². The number of ketones is 1. The minimum Gasteiger partial charge on any atom is -0.504 e. The summed E-state index contributed by atoms with van der Waals surface area (Å²) in [7, 11) is 0. The number of hydrogen-bond acceptors (Lipinski definition) is 7. The predicted molar refractivity (Wildman–Crippen MR) is 91.4 cm³/mol. The Balaban J connectivity index is 2.23. The molecule has 7 nitrogen and oxygen atoms in total. The summed E-state index contributed by atoms with van der Waals surface area (Å²) in [6.07, 6.45) is 1.85. The molecular formula is C18H22O7. The molecule has 0 fully saturated rings. The summed E-state index contributed by atoms with van der Waals surface area (Å²) in [6, 6.07) is 4.81. The molecule has 0 aliphatic rings. The lowest BCUT2D eigenvalue weighted by molar-refractivity contribution is -0.120. The van der Waals surface area contributed by atoms with Crippen molar-refractivity contribution in [2.75, 3.05) is 19.8 Å². The number of aromatic hydroxyl groups is 1. The number of fused-ring (bicyclic) bond motifs is 1. The average Bonchev–Trinajstić information content (AvgIpc) is 2.59. The molecule has 0 aliphatic carbocycles. The van der Waals surface area contributed by atoms with Gasteiger partial charge >= 0.3 is 5.63 Å². The number of benzene rings is 1. The zero-order valence-corrected chi connectivity index (χ0v) is 14.1. The second kappa shape index (κ2) is 9.08. The summed E-state index contributed by atoms with van der Waals surface area (Å²) in [5, 5.41) is 19.3. The van der Waals surface area contributed by atoms with Crippen molar-refractivity contribution in [3.05, 3.63) is 28.6 Å². The molecule has 0 saturated carbocycles. The van der Waals surface area contributed by atoms with Gasteiger partial charge in [-0.2, -0.15) is 0 Å². The molecule has 0 radical (unpaired) electrons. The summed E-state index contributed by atoms with van der Waals surface area (Å²) in [5.74, 6) is -0.374. The first-order chi connectivity index (χ1) is 12.1. The van der Waals surface area contributed by atoms with Crippen LogP contribution in [0.2, 0.25) is 0 Å². The second-order valence-electron chi connectivity index (χ2n) is 5.51. The van der Waals surface area contributed by atoms with Gasteiger partial charge in [-0.25, -0.2) is 4.79 Å². The summed E-state index contributed by atoms with van der Waals surface area (Å²) in [4.78, 5) is 23.5. The number of carbonyl (C=O) groups is 1. The van der Waals surface area contributed by atoms with Gasteiger partial charge < -0.3 is 24.1 Å². The number of aliphatic hydroxyl groups is 1. The quantitative estimate of drug-likeness (QED) is 0.500. The van der Waals surface area contributed by atoms with Gasteiger partial charge in [0.05, 0.1) is 18.6 Å². The SMILES string of the molecule is CCCCOc1c(O)c2cccc(OCCC(=O)CCO)c2oc1=O. The standard InChI is InChI=1S/C18H22O7/c1-2-3-10-24-17-15(21)13-5-4-6-14(16(13)25-18(17)22)23-11-8-12(20)7-9-19/h4-6,19,21H,2-3,7-11H2,1H3. The van der Waals surface area contributed by atoms with Crippen LogP contribution in [0.4, 0.5) is 0 Å². The van der Waals surface area contributed by atoms with Crippen molar-refractivity contribution in [1.29, 1.82) is 0 Å². The number of para-hydroxylation sites is 1. The van der Waals surface area contributed by atoms with Gasteiger partial charge in [-0.1, -0.05) is 19.4 Å². The topological polar surface area (TPSA) is 106 Å². The zero-order valence-electron chi connectivity index (χ0n) is 14.1. The van der Waals surface area contributed by atoms with Crippen molar-refractivity contribution in [2.45, 2.75) is 32.6 Å². The Labute approximate surface area is 144 Å². The summed E-state index contributed by atoms with van der Waals surface area (Å²) >= 11 is 0. The van der Waals surface area contributed by atoms with Crippen LogP contribution in [0.5, 0.6) is 17.2 Å². The molecule has 0 amide bonds. The van der Waals surface area contributed by atoms with Crippen molar-refractivity contribution in [3.63, 3.8) is 0 Å². The molecule has 136 valence electrons. The predicted octanol–water partition coefficient (Wildman–Crippen LogP) is 2.40. The highest BCUT2D eigenvalue weighted by molar-refractivity contribution is 5.89. The minimum absolute atomic E-state index is 0.0766. The lowest BCUT2D eigenvalue weighted by atomic mass is 10.2. The van der Waals surface area contributed by atoms with Crippen molar-refractivity contribution in [3.8, 4) is 17.2 Å². The molecular weight excluding hydrogens is 328 g/mol. The third kappa shape index (κ3) is 4.73. The van der Waals surface area contributed by atoms with Gasteiger partial charge in [0.15, 0.2) is 17.1 Å². The van der Waals surface area contributed by atoms with Crippen LogP contribution in [0.15, 0.2) is 27.4 Å². The zero-order chi connectivity index (χ0) is 18.2. The van der Waals surface area contributed by atoms with E-state index in [1.807, 2.05) is 6.92 Å². The van der Waals surface area contributed by atoms with Gasteiger partial charge in [0.2, 0.25) is 5.75 Å². The van der Waals surface area contributed by atoms with Gasteiger partial charge in [-0.3, -0.25) is 4.79 Å². The lowest BCUT2D eigenvalue weighted by Crippen LogP contribution is -2.10. The average molecular weight is 350 g/mol. The molecule has 7 heteroatoms. The number of hydrogen-bond donors (Lipinski definition) is 2. The number of rotatable bonds is 10. The number of ether oxygens (including phenoxy) is 2. The Hall–Kier alpha value is -2.54. The number of unbranched alkanes of at least 4 members (excludes halogenated alkanes) is 1. The fourth-order valence-corrected chi connectivity index (χ4v) is 2.25. The van der Waals surface area contributed by atoms with E-state index in [2.05, 4.69) is 0 Å². The van der Waals surface area contributed by atoms with Gasteiger partial charge in [0, 0.05) is 19.4 Å². The molecule has 2 aromatic rings. The summed E-state index contributed by atoms with van der Waals surface area (Å²) in [6.45, 7) is 2.18. The van der Waals surface area contributed by atoms with Crippen LogP contribution >= 0.6 is 0 Å². The molecule has 0 atom stereocenters. The lowest BCUT2D eigenvalue weighted by Gasteiger charge is -2.11. The van der Waals surface area contributed by atoms with E-state index in [1.54, 1.807) is 18.2 Å². The van der Waals surface area contributed by atoms with E-state index in [0.29, 0.717) is 12.0 Å². The van der Waals surface area contributed by atoms with E-state index in [1.165, 1.54) is 0 Å². The fraction of sp³-hybridized carbons (Fsp3) is 0.444. The van der Waals surface area contributed by atoms with E-state index < -0.39 is 5.63 Å². The van der Waals surface area contributed by atoms with Crippen LogP contribution in [0.25, 0.3) is 11.0 Å². The summed E-state index contributed by atoms with van der Waals surface area (Å²) < 4.78 is 16.1. The Morgan fingerprint density at radius 3 is 2.72 bits per heavy atom. The molecule has 0 spiro atoms. The highest BCUT2D eigenvalue weighted by Crippen LogP contribution is 2.35. The van der Waals surface area contributed by atoms with Crippen LogP contribution in [0, 0.1) is 0 Å². The van der Waals surface area contributed by atoms with Gasteiger partial charge in [-0.05, 0) is 18.6 Å². The van der Waals surface area contributed by atoms with E-state index >= 15 is 0 Å². The maximum Gasteiger partial charge on any atom is 0.383 e. The molecule has 1 aromatic heterocycles. The molecule has 0 aliphatic heterocycles. The Bertz CT molecular complexity index is 779. The van der Waals surface area contributed by atoms with Crippen molar-refractivity contribution in [1.82, 2.24) is 0 Å². The van der Waals surface area contributed by atoms with Crippen molar-refractivity contribution in [2.24, 2.45) is 0 Å². The van der Waals surface area contributed by atoms with Crippen LogP contribution in [-0.2, 0) is 4.79 Å². The Kier molecular flexibility index (Phi) is 6.82. The minimum atomic E-state index is -0.784. The second-order valence-corrected chi connectivity index (χ2v) is 5.51. The first-order valence-corrected chi connectivity index (χ1v) is 8.25. The highest BCUT2D eigenvalue weighted by Gasteiger charge is 2.18. The van der Waals surface area contributed by atoms with Crippen LogP contribution in [0.1, 0.15) is 32.6 Å². The maximum atomic E-state index is 12.1. The van der Waals surface area contributed by atoms with E-state index in [0.717, 1.165) is 12.8 Å². The smallest absolute Gasteiger partial charge is 0.383 e. The first-order valence-electron chi connectivity index (χ1n) is 8.25. The molecule has 1 heterocycles. The first kappa shape index (κ1) is 18.8. The van der Waals surface area contributed by atoms with Gasteiger partial charge in [0.1, 0.15) is 5.78 Å². The largest absolute Gasteiger partial charge is 0.504 e. The Morgan fingerprint density at radius 1 is 1.20 bits per heavy atom. The van der Waals surface area contributed by atoms with Crippen LogP contribution in [-0.4, -0.2) is 35.8 Å². The molecule has 2 rings (SSSR count). The molecule has 0 bridgehead atoms. The van der Waals surface area contributed by atoms with Crippen LogP contribution < -0.4 is 15.1 Å². The molecule has 25 heavy (non-hydrogen) atoms. The normalized spacial score (nSPS) is 10.8. The molecule has 2 N–H and O–H groups in total. The Morgan fingerprint density at radius 2 is 2.00 bits per heavy atom. The van der Waals surface area contributed by atoms with Crippen molar-refractivity contribution < 1.29 is 28.9 Å². The van der Waals surface area contributed by atoms with Crippen molar-refractivity contribution >= 4 is 16.8 Å².